The molecular formula is C12H13N2O4-. The predicted octanol–water partition coefficient (Wildman–Crippen LogP) is -0.325. The predicted molar refractivity (Wildman–Crippen MR) is 63.0 cm³/mol. The van der Waals surface area contributed by atoms with Gasteiger partial charge in [-0.1, -0.05) is 0 Å². The number of carbonyl (C=O) groups is 2. The third kappa shape index (κ3) is 5.11. The van der Waals surface area contributed by atoms with Crippen molar-refractivity contribution in [2.75, 3.05) is 6.61 Å². The molecule has 0 saturated carbocycles. The van der Waals surface area contributed by atoms with Crippen LogP contribution in [0.1, 0.15) is 18.9 Å². The summed E-state index contributed by atoms with van der Waals surface area (Å²) in [6.07, 6.45) is 0.698. The van der Waals surface area contributed by atoms with E-state index in [9.17, 15) is 14.7 Å². The van der Waals surface area contributed by atoms with Crippen LogP contribution in [0.2, 0.25) is 0 Å². The molecule has 0 aromatic heterocycles. The Morgan fingerprint density at radius 1 is 1.39 bits per heavy atom. The average molecular weight is 249 g/mol. The van der Waals surface area contributed by atoms with Crippen molar-refractivity contribution in [3.05, 3.63) is 29.8 Å². The number of hydrazone groups is 1. The number of benzene rings is 1. The average Bonchev–Trinajstić information content (AvgIpc) is 2.31. The molecule has 18 heavy (non-hydrogen) atoms. The fraction of sp³-hybridized carbons (Fsp3) is 0.250. The van der Waals surface area contributed by atoms with Crippen LogP contribution in [0.15, 0.2) is 29.4 Å². The van der Waals surface area contributed by atoms with E-state index in [1.54, 1.807) is 24.3 Å². The van der Waals surface area contributed by atoms with E-state index in [4.69, 9.17) is 4.74 Å². The lowest BCUT2D eigenvalue weighted by atomic mass is 10.2. The Morgan fingerprint density at radius 2 is 2.06 bits per heavy atom. The first kappa shape index (κ1) is 13.7. The van der Waals surface area contributed by atoms with E-state index in [2.05, 4.69) is 10.5 Å². The topological polar surface area (TPSA) is 90.8 Å². The second kappa shape index (κ2) is 7.05. The van der Waals surface area contributed by atoms with E-state index in [1.807, 2.05) is 6.92 Å². The van der Waals surface area contributed by atoms with E-state index in [0.717, 1.165) is 11.3 Å². The van der Waals surface area contributed by atoms with Crippen molar-refractivity contribution in [1.29, 1.82) is 0 Å². The lowest BCUT2D eigenvalue weighted by Gasteiger charge is -2.02. The zero-order valence-electron chi connectivity index (χ0n) is 9.88. The van der Waals surface area contributed by atoms with Crippen LogP contribution in [0.5, 0.6) is 5.75 Å². The first-order valence-electron chi connectivity index (χ1n) is 5.36. The summed E-state index contributed by atoms with van der Waals surface area (Å²) in [5.74, 6) is -1.42. The zero-order valence-corrected chi connectivity index (χ0v) is 9.88. The quantitative estimate of drug-likeness (QED) is 0.425. The molecule has 0 aliphatic heterocycles. The summed E-state index contributed by atoms with van der Waals surface area (Å²) in [6, 6.07) is 7.07. The van der Waals surface area contributed by atoms with Crippen molar-refractivity contribution in [2.24, 2.45) is 5.10 Å². The van der Waals surface area contributed by atoms with E-state index in [-0.39, 0.29) is 0 Å². The lowest BCUT2D eigenvalue weighted by molar-refractivity contribution is -0.304. The molecule has 0 aliphatic rings. The fourth-order valence-corrected chi connectivity index (χ4v) is 1.17. The number of hydrogen-bond acceptors (Lipinski definition) is 5. The molecule has 96 valence electrons. The molecule has 1 aromatic rings. The molecule has 1 amide bonds. The molecule has 0 saturated heterocycles. The smallest absolute Gasteiger partial charge is 0.245 e. The molecule has 0 fully saturated rings. The molecule has 0 atom stereocenters. The normalized spacial score (nSPS) is 10.3. The number of ether oxygens (including phenoxy) is 1. The van der Waals surface area contributed by atoms with Crippen molar-refractivity contribution >= 4 is 18.1 Å². The van der Waals surface area contributed by atoms with Gasteiger partial charge in [0.1, 0.15) is 5.75 Å². The standard InChI is InChI=1S/C12H14N2O4/c1-2-18-10-5-3-9(4-6-10)8-13-14-11(15)7-12(16)17/h3-6,8H,2,7H2,1H3,(H,14,15)(H,16,17)/p-1. The van der Waals surface area contributed by atoms with Crippen LogP contribution >= 0.6 is 0 Å². The molecule has 0 bridgehead atoms. The zero-order chi connectivity index (χ0) is 13.4. The van der Waals surface area contributed by atoms with Crippen LogP contribution in [-0.2, 0) is 9.59 Å². The van der Waals surface area contributed by atoms with Crippen LogP contribution < -0.4 is 15.3 Å². The maximum atomic E-state index is 10.9. The summed E-state index contributed by atoms with van der Waals surface area (Å²) in [5, 5.41) is 13.7. The van der Waals surface area contributed by atoms with Crippen LogP contribution in [0.25, 0.3) is 0 Å². The van der Waals surface area contributed by atoms with Crippen molar-refractivity contribution in [3.63, 3.8) is 0 Å². The summed E-state index contributed by atoms with van der Waals surface area (Å²) < 4.78 is 5.26. The summed E-state index contributed by atoms with van der Waals surface area (Å²) in [7, 11) is 0. The van der Waals surface area contributed by atoms with Gasteiger partial charge in [0, 0.05) is 0 Å². The molecule has 6 nitrogen and oxygen atoms in total. The molecule has 1 N–H and O–H groups in total. The Morgan fingerprint density at radius 3 is 2.61 bits per heavy atom. The first-order chi connectivity index (χ1) is 8.61. The first-order valence-corrected chi connectivity index (χ1v) is 5.36. The number of aliphatic carboxylic acids is 1. The van der Waals surface area contributed by atoms with Crippen LogP contribution in [0, 0.1) is 0 Å². The van der Waals surface area contributed by atoms with E-state index in [1.165, 1.54) is 6.21 Å². The summed E-state index contributed by atoms with van der Waals surface area (Å²) >= 11 is 0. The van der Waals surface area contributed by atoms with Gasteiger partial charge in [0.05, 0.1) is 25.2 Å². The SMILES string of the molecule is CCOc1ccc(C=NNC(=O)CC(=O)[O-])cc1. The molecule has 6 heteroatoms. The summed E-state index contributed by atoms with van der Waals surface area (Å²) in [5.41, 5.74) is 2.84. The highest BCUT2D eigenvalue weighted by molar-refractivity contribution is 5.93. The van der Waals surface area contributed by atoms with Gasteiger partial charge in [-0.05, 0) is 36.8 Å². The van der Waals surface area contributed by atoms with Crippen molar-refractivity contribution < 1.29 is 19.4 Å². The maximum absolute atomic E-state index is 10.9. The molecule has 0 heterocycles. The lowest BCUT2D eigenvalue weighted by Crippen LogP contribution is -2.30. The third-order valence-electron chi connectivity index (χ3n) is 1.90. The summed E-state index contributed by atoms with van der Waals surface area (Å²) in [6.45, 7) is 2.48. The highest BCUT2D eigenvalue weighted by Gasteiger charge is 1.98. The number of carboxylic acids is 1. The Bertz CT molecular complexity index is 440. The maximum Gasteiger partial charge on any atom is 0.245 e. The van der Waals surface area contributed by atoms with Crippen LogP contribution in [0.4, 0.5) is 0 Å². The Labute approximate surface area is 104 Å². The van der Waals surface area contributed by atoms with Crippen molar-refractivity contribution in [3.8, 4) is 5.75 Å². The number of carbonyl (C=O) groups excluding carboxylic acids is 2. The van der Waals surface area contributed by atoms with Gasteiger partial charge in [-0.2, -0.15) is 5.10 Å². The van der Waals surface area contributed by atoms with Crippen LogP contribution in [-0.4, -0.2) is 24.7 Å². The number of nitrogens with one attached hydrogen (secondary N) is 1. The van der Waals surface area contributed by atoms with Gasteiger partial charge in [-0.25, -0.2) is 5.43 Å². The fourth-order valence-electron chi connectivity index (χ4n) is 1.17. The highest BCUT2D eigenvalue weighted by Crippen LogP contribution is 2.10. The second-order valence-corrected chi connectivity index (χ2v) is 3.34. The third-order valence-corrected chi connectivity index (χ3v) is 1.90. The molecule has 1 aromatic carbocycles. The minimum atomic E-state index is -1.44. The van der Waals surface area contributed by atoms with E-state index >= 15 is 0 Å². The summed E-state index contributed by atoms with van der Waals surface area (Å²) in [4.78, 5) is 21.0. The van der Waals surface area contributed by atoms with Gasteiger partial charge in [0.2, 0.25) is 5.91 Å². The van der Waals surface area contributed by atoms with Gasteiger partial charge in [0.25, 0.3) is 0 Å². The minimum absolute atomic E-state index is 0.590. The number of nitrogens with zero attached hydrogens (tertiary/aromatic N) is 1. The minimum Gasteiger partial charge on any atom is -0.550 e. The van der Waals surface area contributed by atoms with E-state index < -0.39 is 18.3 Å². The largest absolute Gasteiger partial charge is 0.550 e. The van der Waals surface area contributed by atoms with Gasteiger partial charge in [-0.3, -0.25) is 4.79 Å². The molecule has 0 aliphatic carbocycles. The number of hydrogen-bond donors (Lipinski definition) is 1. The Hall–Kier alpha value is -2.37. The molecule has 0 unspecified atom stereocenters. The van der Waals surface area contributed by atoms with Gasteiger partial charge in [-0.15, -0.1) is 0 Å². The number of carboxylic acid groups (broad SMARTS) is 1. The number of amides is 1. The van der Waals surface area contributed by atoms with Gasteiger partial charge >= 0.3 is 0 Å². The monoisotopic (exact) mass is 249 g/mol. The molecule has 0 spiro atoms. The number of rotatable bonds is 6. The Balaban J connectivity index is 2.46. The second-order valence-electron chi connectivity index (χ2n) is 3.34. The van der Waals surface area contributed by atoms with Crippen molar-refractivity contribution in [2.45, 2.75) is 13.3 Å². The molecule has 0 radical (unpaired) electrons. The highest BCUT2D eigenvalue weighted by atomic mass is 16.5. The van der Waals surface area contributed by atoms with Crippen LogP contribution in [0.3, 0.4) is 0 Å². The van der Waals surface area contributed by atoms with Crippen molar-refractivity contribution in [1.82, 2.24) is 5.43 Å². The van der Waals surface area contributed by atoms with Gasteiger partial charge in [0.15, 0.2) is 0 Å². The van der Waals surface area contributed by atoms with E-state index in [0.29, 0.717) is 6.61 Å². The molecule has 1 rings (SSSR count). The van der Waals surface area contributed by atoms with Gasteiger partial charge < -0.3 is 14.6 Å². The Kier molecular flexibility index (Phi) is 5.37. The molecular weight excluding hydrogens is 236 g/mol.